The van der Waals surface area contributed by atoms with Crippen molar-refractivity contribution in [3.05, 3.63) is 97.2 Å². The molecule has 0 spiro atoms. The summed E-state index contributed by atoms with van der Waals surface area (Å²) in [6.07, 6.45) is 63.1. The lowest BCUT2D eigenvalue weighted by atomic mass is 10.1. The average molecular weight is 900 g/mol. The lowest BCUT2D eigenvalue weighted by Crippen LogP contribution is -2.29. The Labute approximate surface area is 385 Å². The molecule has 2 atom stereocenters. The molecular formula is C53H90NO8P. The van der Waals surface area contributed by atoms with Gasteiger partial charge in [0.25, 0.3) is 0 Å². The van der Waals surface area contributed by atoms with Crippen LogP contribution in [-0.2, 0) is 32.7 Å². The van der Waals surface area contributed by atoms with Gasteiger partial charge in [-0.15, -0.1) is 0 Å². The predicted octanol–water partition coefficient (Wildman–Crippen LogP) is 14.9. The van der Waals surface area contributed by atoms with E-state index in [1.165, 1.54) is 44.9 Å². The number of carbonyl (C=O) groups excluding carboxylic acids is 2. The standard InChI is InChI=1S/C53H90NO8P/c1-3-5-7-9-11-13-15-16-17-18-19-20-21-22-23-24-25-26-27-28-29-30-31-32-33-34-36-38-40-42-44-46-53(56)62-51(50-61-63(57,58)60-48-47-54)49-59-52(55)45-43-41-39-37-35-14-12-10-8-6-4-2/h5,7,10-13,16-17,19-20,22-23,25-26,28-29,51H,3-4,6,8-9,14-15,18,21,24,27,30-50,54H2,1-2H3,(H,57,58)/b7-5-,12-10-,13-11-,17-16-,20-19-,23-22-,26-25-,29-28-. The first-order valence-electron chi connectivity index (χ1n) is 24.7. The summed E-state index contributed by atoms with van der Waals surface area (Å²) in [5.41, 5.74) is 5.35. The molecule has 0 fully saturated rings. The highest BCUT2D eigenvalue weighted by Crippen LogP contribution is 2.43. The third-order valence-corrected chi connectivity index (χ3v) is 10.9. The summed E-state index contributed by atoms with van der Waals surface area (Å²) in [4.78, 5) is 34.9. The van der Waals surface area contributed by atoms with Crippen LogP contribution in [0.2, 0.25) is 0 Å². The van der Waals surface area contributed by atoms with E-state index in [2.05, 4.69) is 111 Å². The highest BCUT2D eigenvalue weighted by molar-refractivity contribution is 7.47. The van der Waals surface area contributed by atoms with Crippen LogP contribution in [0, 0.1) is 0 Å². The van der Waals surface area contributed by atoms with Gasteiger partial charge < -0.3 is 20.1 Å². The van der Waals surface area contributed by atoms with E-state index in [4.69, 9.17) is 24.3 Å². The minimum atomic E-state index is -4.39. The number of ether oxygens (including phenoxy) is 2. The molecule has 0 saturated heterocycles. The largest absolute Gasteiger partial charge is 0.472 e. The maximum atomic E-state index is 12.6. The molecule has 9 nitrogen and oxygen atoms in total. The highest BCUT2D eigenvalue weighted by Gasteiger charge is 2.26. The van der Waals surface area contributed by atoms with Crippen LogP contribution in [0.3, 0.4) is 0 Å². The first kappa shape index (κ1) is 59.9. The molecule has 0 aliphatic rings. The second-order valence-corrected chi connectivity index (χ2v) is 17.4. The van der Waals surface area contributed by atoms with Crippen LogP contribution in [0.1, 0.15) is 194 Å². The van der Waals surface area contributed by atoms with E-state index < -0.39 is 32.5 Å². The number of phosphoric acid groups is 1. The van der Waals surface area contributed by atoms with Gasteiger partial charge in [0.15, 0.2) is 6.10 Å². The Kier molecular flexibility index (Phi) is 46.0. The van der Waals surface area contributed by atoms with Crippen molar-refractivity contribution in [3.63, 3.8) is 0 Å². The van der Waals surface area contributed by atoms with Crippen molar-refractivity contribution in [3.8, 4) is 0 Å². The third-order valence-electron chi connectivity index (χ3n) is 9.95. The van der Waals surface area contributed by atoms with Gasteiger partial charge in [0.05, 0.1) is 13.2 Å². The molecule has 0 aromatic rings. The molecule has 0 radical (unpaired) electrons. The maximum absolute atomic E-state index is 12.6. The zero-order valence-electron chi connectivity index (χ0n) is 39.8. The van der Waals surface area contributed by atoms with Crippen LogP contribution in [0.25, 0.3) is 0 Å². The normalized spacial score (nSPS) is 14.0. The summed E-state index contributed by atoms with van der Waals surface area (Å²) < 4.78 is 32.8. The molecule has 360 valence electrons. The van der Waals surface area contributed by atoms with Crippen molar-refractivity contribution in [2.45, 2.75) is 200 Å². The van der Waals surface area contributed by atoms with Gasteiger partial charge >= 0.3 is 19.8 Å². The van der Waals surface area contributed by atoms with Crippen LogP contribution < -0.4 is 5.73 Å². The van der Waals surface area contributed by atoms with Crippen molar-refractivity contribution in [2.24, 2.45) is 5.73 Å². The van der Waals surface area contributed by atoms with Gasteiger partial charge in [0.2, 0.25) is 0 Å². The second-order valence-electron chi connectivity index (χ2n) is 15.9. The Hall–Kier alpha value is -3.07. The monoisotopic (exact) mass is 900 g/mol. The fourth-order valence-electron chi connectivity index (χ4n) is 6.30. The van der Waals surface area contributed by atoms with Gasteiger partial charge in [-0.2, -0.15) is 0 Å². The topological polar surface area (TPSA) is 134 Å². The van der Waals surface area contributed by atoms with Gasteiger partial charge in [-0.05, 0) is 89.9 Å². The van der Waals surface area contributed by atoms with Gasteiger partial charge in [0.1, 0.15) is 6.61 Å². The van der Waals surface area contributed by atoms with Crippen molar-refractivity contribution in [1.82, 2.24) is 0 Å². The minimum Gasteiger partial charge on any atom is -0.462 e. The van der Waals surface area contributed by atoms with Gasteiger partial charge in [-0.25, -0.2) is 4.57 Å². The molecule has 63 heavy (non-hydrogen) atoms. The van der Waals surface area contributed by atoms with Gasteiger partial charge in [-0.3, -0.25) is 18.6 Å². The maximum Gasteiger partial charge on any atom is 0.472 e. The number of allylic oxidation sites excluding steroid dienone is 16. The van der Waals surface area contributed by atoms with E-state index in [1.54, 1.807) is 0 Å². The van der Waals surface area contributed by atoms with Crippen LogP contribution in [0.5, 0.6) is 0 Å². The van der Waals surface area contributed by atoms with Crippen molar-refractivity contribution in [1.29, 1.82) is 0 Å². The van der Waals surface area contributed by atoms with Crippen molar-refractivity contribution >= 4 is 19.8 Å². The zero-order chi connectivity index (χ0) is 46.0. The molecule has 0 aliphatic carbocycles. The molecule has 10 heteroatoms. The van der Waals surface area contributed by atoms with E-state index >= 15 is 0 Å². The second kappa shape index (κ2) is 48.4. The highest BCUT2D eigenvalue weighted by atomic mass is 31.2. The smallest absolute Gasteiger partial charge is 0.462 e. The Morgan fingerprint density at radius 2 is 0.873 bits per heavy atom. The first-order chi connectivity index (χ1) is 30.8. The lowest BCUT2D eigenvalue weighted by Gasteiger charge is -2.19. The molecule has 0 rings (SSSR count). The molecule has 0 aliphatic heterocycles. The number of unbranched alkanes of at least 4 members (excludes halogenated alkanes) is 16. The van der Waals surface area contributed by atoms with E-state index in [1.807, 2.05) is 0 Å². The van der Waals surface area contributed by atoms with Crippen molar-refractivity contribution < 1.29 is 37.6 Å². The number of phosphoric ester groups is 1. The SMILES string of the molecule is CC/C=C\C/C=C\C/C=C\C/C=C\C/C=C\C/C=C\C/C=C\CCCCCCCCCCCC(=O)OC(COC(=O)CCCCCCC/C=C\CCCC)COP(=O)(O)OCCN. The van der Waals surface area contributed by atoms with Crippen LogP contribution >= 0.6 is 7.82 Å². The molecule has 0 saturated carbocycles. The number of rotatable bonds is 45. The lowest BCUT2D eigenvalue weighted by molar-refractivity contribution is -0.161. The Morgan fingerprint density at radius 3 is 1.32 bits per heavy atom. The fourth-order valence-corrected chi connectivity index (χ4v) is 7.07. The molecule has 0 aromatic carbocycles. The third kappa shape index (κ3) is 48.2. The molecule has 0 aromatic heterocycles. The number of hydrogen-bond acceptors (Lipinski definition) is 8. The fraction of sp³-hybridized carbons (Fsp3) is 0.660. The van der Waals surface area contributed by atoms with Gasteiger partial charge in [-0.1, -0.05) is 188 Å². The van der Waals surface area contributed by atoms with E-state index in [-0.39, 0.29) is 32.6 Å². The van der Waals surface area contributed by atoms with Gasteiger partial charge in [0, 0.05) is 19.4 Å². The molecule has 0 bridgehead atoms. The van der Waals surface area contributed by atoms with Crippen LogP contribution in [0.15, 0.2) is 97.2 Å². The molecule has 0 amide bonds. The van der Waals surface area contributed by atoms with E-state index in [9.17, 15) is 19.0 Å². The number of nitrogens with two attached hydrogens (primary N) is 1. The summed E-state index contributed by atoms with van der Waals surface area (Å²) in [6, 6.07) is 0. The van der Waals surface area contributed by atoms with E-state index in [0.29, 0.717) is 6.42 Å². The predicted molar refractivity (Wildman–Crippen MR) is 265 cm³/mol. The average Bonchev–Trinajstić information content (AvgIpc) is 3.27. The Balaban J connectivity index is 4.03. The van der Waals surface area contributed by atoms with Crippen LogP contribution in [0.4, 0.5) is 0 Å². The summed E-state index contributed by atoms with van der Waals surface area (Å²) >= 11 is 0. The zero-order valence-corrected chi connectivity index (χ0v) is 40.7. The molecular weight excluding hydrogens is 810 g/mol. The van der Waals surface area contributed by atoms with Crippen LogP contribution in [-0.4, -0.2) is 49.3 Å². The number of carbonyl (C=O) groups is 2. The number of esters is 2. The quantitative estimate of drug-likeness (QED) is 0.0265. The summed E-state index contributed by atoms with van der Waals surface area (Å²) in [6.45, 7) is 3.55. The van der Waals surface area contributed by atoms with Crippen molar-refractivity contribution in [2.75, 3.05) is 26.4 Å². The Morgan fingerprint density at radius 1 is 0.492 bits per heavy atom. The molecule has 2 unspecified atom stereocenters. The minimum absolute atomic E-state index is 0.0468. The summed E-state index contributed by atoms with van der Waals surface area (Å²) in [5, 5.41) is 0. The molecule has 0 heterocycles. The van der Waals surface area contributed by atoms with E-state index in [0.717, 1.165) is 116 Å². The molecule has 3 N–H and O–H groups in total. The summed E-state index contributed by atoms with van der Waals surface area (Å²) in [5.74, 6) is -0.854. The summed E-state index contributed by atoms with van der Waals surface area (Å²) in [7, 11) is -4.39. The Bertz CT molecular complexity index is 1350. The number of hydrogen-bond donors (Lipinski definition) is 2. The first-order valence-corrected chi connectivity index (χ1v) is 26.2.